The van der Waals surface area contributed by atoms with Crippen molar-refractivity contribution in [3.05, 3.63) is 129 Å². The molecule has 0 aliphatic carbocycles. The molecule has 0 fully saturated rings. The van der Waals surface area contributed by atoms with Crippen LogP contribution in [0.4, 0.5) is 11.4 Å². The van der Waals surface area contributed by atoms with E-state index in [0.717, 1.165) is 20.3 Å². The number of nitrogens with one attached hydrogen (secondary N) is 1. The number of phenolic OH excluding ortho intramolecular Hbond substituents is 2. The summed E-state index contributed by atoms with van der Waals surface area (Å²) >= 11 is 6.69. The third-order valence-electron chi connectivity index (χ3n) is 7.42. The van der Waals surface area contributed by atoms with Crippen molar-refractivity contribution in [1.82, 2.24) is 19.6 Å². The van der Waals surface area contributed by atoms with Gasteiger partial charge in [-0.25, -0.2) is 14.2 Å². The van der Waals surface area contributed by atoms with Gasteiger partial charge >= 0.3 is 5.97 Å². The molecular weight excluding hydrogens is 843 g/mol. The van der Waals surface area contributed by atoms with Crippen molar-refractivity contribution in [3.8, 4) is 34.6 Å². The van der Waals surface area contributed by atoms with Crippen molar-refractivity contribution in [2.24, 2.45) is 4.99 Å². The molecule has 0 aliphatic heterocycles. The van der Waals surface area contributed by atoms with E-state index in [9.17, 15) is 25.2 Å². The number of hydrogen-bond acceptors (Lipinski definition) is 10. The van der Waals surface area contributed by atoms with Crippen molar-refractivity contribution in [2.75, 3.05) is 11.9 Å². The minimum absolute atomic E-state index is 0. The molecule has 4 aromatic carbocycles. The van der Waals surface area contributed by atoms with Crippen LogP contribution in [0.15, 0.2) is 111 Å². The first-order chi connectivity index (χ1) is 24.6. The molecule has 6 aromatic rings. The van der Waals surface area contributed by atoms with Gasteiger partial charge in [0.1, 0.15) is 17.2 Å². The number of para-hydroxylation sites is 2. The van der Waals surface area contributed by atoms with Crippen LogP contribution in [0.25, 0.3) is 11.4 Å². The van der Waals surface area contributed by atoms with Gasteiger partial charge in [-0.2, -0.15) is 10.2 Å². The molecule has 2 heterocycles. The number of benzene rings is 4. The van der Waals surface area contributed by atoms with Gasteiger partial charge < -0.3 is 30.5 Å². The molecule has 6 rings (SSSR count). The average Bonchev–Trinajstić information content (AvgIpc) is 3.65. The van der Waals surface area contributed by atoms with Crippen LogP contribution in [-0.2, 0) is 34.5 Å². The van der Waals surface area contributed by atoms with E-state index < -0.39 is 5.97 Å². The zero-order chi connectivity index (χ0) is 36.5. The number of carbonyl (C=O) groups is 1. The average molecular weight is 877 g/mol. The standard InChI is InChI=1S/C19H18BrN3O4.C18H16BrN3O2.Co/c1-2-27-19(26)17-14(11-21-15-10-12(20)8-9-16(15)24)18(25)23(22-17)13-6-4-3-5-7-13;1-2-15-14(11-20-16-10-12(19)8-9-17(16)23)18(24)22(21-15)13-6-4-3-5-7-13;/h3-10,21,24-25H,2,11H2,1H3;3-11,23-24H,2H2,1H3;. The Labute approximate surface area is 326 Å². The topological polar surface area (TPSA) is 167 Å². The number of ether oxygens (including phenoxy) is 1. The maximum Gasteiger partial charge on any atom is 0.359 e. The first-order valence-electron chi connectivity index (χ1n) is 15.8. The van der Waals surface area contributed by atoms with E-state index in [1.165, 1.54) is 21.6 Å². The molecule has 52 heavy (non-hydrogen) atoms. The fraction of sp³-hybridized carbons (Fsp3) is 0.135. The Morgan fingerprint density at radius 2 is 1.38 bits per heavy atom. The molecule has 0 unspecified atom stereocenters. The van der Waals surface area contributed by atoms with Gasteiger partial charge in [-0.05, 0) is 74.0 Å². The molecule has 12 nitrogen and oxygen atoms in total. The number of anilines is 1. The van der Waals surface area contributed by atoms with E-state index >= 15 is 0 Å². The van der Waals surface area contributed by atoms with Gasteiger partial charge in [0, 0.05) is 38.5 Å². The van der Waals surface area contributed by atoms with Crippen LogP contribution in [0, 0.1) is 0 Å². The maximum absolute atomic E-state index is 12.3. The predicted octanol–water partition coefficient (Wildman–Crippen LogP) is 8.19. The molecule has 1 radical (unpaired) electrons. The second-order valence-corrected chi connectivity index (χ2v) is 12.6. The number of nitrogens with zero attached hydrogens (tertiary/aromatic N) is 5. The summed E-state index contributed by atoms with van der Waals surface area (Å²) in [7, 11) is 0. The van der Waals surface area contributed by atoms with Crippen molar-refractivity contribution >= 4 is 55.4 Å². The zero-order valence-electron chi connectivity index (χ0n) is 27.9. The minimum Gasteiger partial charge on any atom is -0.506 e. The van der Waals surface area contributed by atoms with E-state index in [0.29, 0.717) is 29.0 Å². The molecular formula is C37H34Br2CoN6O6. The van der Waals surface area contributed by atoms with Gasteiger partial charge in [0.15, 0.2) is 5.69 Å². The number of rotatable bonds is 10. The Hall–Kier alpha value is -5.09. The van der Waals surface area contributed by atoms with Crippen LogP contribution in [0.2, 0.25) is 0 Å². The van der Waals surface area contributed by atoms with Crippen molar-refractivity contribution in [1.29, 1.82) is 0 Å². The summed E-state index contributed by atoms with van der Waals surface area (Å²) in [6, 6.07) is 28.3. The van der Waals surface area contributed by atoms with Crippen LogP contribution >= 0.6 is 31.9 Å². The van der Waals surface area contributed by atoms with E-state index in [2.05, 4.69) is 52.4 Å². The second kappa shape index (κ2) is 18.4. The molecule has 0 bridgehead atoms. The van der Waals surface area contributed by atoms with Crippen molar-refractivity contribution in [3.63, 3.8) is 0 Å². The fourth-order valence-corrected chi connectivity index (χ4v) is 5.60. The van der Waals surface area contributed by atoms with Crippen LogP contribution in [-0.4, -0.2) is 58.8 Å². The van der Waals surface area contributed by atoms with Crippen LogP contribution in [0.5, 0.6) is 23.3 Å². The number of phenols is 2. The van der Waals surface area contributed by atoms with E-state index in [4.69, 9.17) is 4.74 Å². The van der Waals surface area contributed by atoms with Gasteiger partial charge in [0.05, 0.1) is 40.5 Å². The molecule has 2 aromatic heterocycles. The summed E-state index contributed by atoms with van der Waals surface area (Å²) in [4.78, 5) is 16.6. The molecule has 0 atom stereocenters. The van der Waals surface area contributed by atoms with Crippen molar-refractivity contribution in [2.45, 2.75) is 26.8 Å². The van der Waals surface area contributed by atoms with Crippen molar-refractivity contribution < 1.29 is 46.7 Å². The first kappa shape index (κ1) is 39.7. The van der Waals surface area contributed by atoms with Gasteiger partial charge in [0.2, 0.25) is 11.8 Å². The number of carbonyl (C=O) groups excluding carboxylic acids is 1. The Kier molecular flexibility index (Phi) is 14.1. The number of halogens is 2. The number of aryl methyl sites for hydroxylation is 1. The van der Waals surface area contributed by atoms with Gasteiger partial charge in [-0.3, -0.25) is 4.99 Å². The predicted molar refractivity (Wildman–Crippen MR) is 202 cm³/mol. The summed E-state index contributed by atoms with van der Waals surface area (Å²) in [5.41, 5.74) is 3.81. The van der Waals surface area contributed by atoms with E-state index in [1.807, 2.05) is 43.3 Å². The van der Waals surface area contributed by atoms with Crippen LogP contribution in [0.3, 0.4) is 0 Å². The smallest absolute Gasteiger partial charge is 0.359 e. The molecule has 5 N–H and O–H groups in total. The largest absolute Gasteiger partial charge is 0.506 e. The number of esters is 1. The molecule has 0 amide bonds. The second-order valence-electron chi connectivity index (χ2n) is 10.8. The van der Waals surface area contributed by atoms with Crippen LogP contribution < -0.4 is 5.32 Å². The molecule has 0 saturated heterocycles. The first-order valence-corrected chi connectivity index (χ1v) is 17.3. The Bertz CT molecular complexity index is 2160. The Morgan fingerprint density at radius 1 is 0.808 bits per heavy atom. The summed E-state index contributed by atoms with van der Waals surface area (Å²) in [6.07, 6.45) is 2.18. The number of aliphatic imine (C=N–C) groups is 1. The Morgan fingerprint density at radius 3 is 1.98 bits per heavy atom. The Balaban J connectivity index is 0.000000230. The quantitative estimate of drug-likeness (QED) is 0.0518. The fourth-order valence-electron chi connectivity index (χ4n) is 4.89. The summed E-state index contributed by atoms with van der Waals surface area (Å²) in [6.45, 7) is 3.92. The van der Waals surface area contributed by atoms with Gasteiger partial charge in [-0.15, -0.1) is 0 Å². The third-order valence-corrected chi connectivity index (χ3v) is 8.41. The van der Waals surface area contributed by atoms with E-state index in [-0.39, 0.29) is 64.4 Å². The van der Waals surface area contributed by atoms with Gasteiger partial charge in [0.25, 0.3) is 0 Å². The number of aromatic hydroxyl groups is 4. The minimum atomic E-state index is -0.627. The maximum atomic E-state index is 12.3. The molecule has 0 spiro atoms. The number of aromatic nitrogens is 4. The van der Waals surface area contributed by atoms with Crippen LogP contribution in [0.1, 0.15) is 41.2 Å². The summed E-state index contributed by atoms with van der Waals surface area (Å²) in [5, 5.41) is 52.7. The molecule has 0 aliphatic rings. The normalized spacial score (nSPS) is 10.7. The summed E-state index contributed by atoms with van der Waals surface area (Å²) in [5.74, 6) is -0.659. The monoisotopic (exact) mass is 875 g/mol. The summed E-state index contributed by atoms with van der Waals surface area (Å²) < 4.78 is 9.41. The third kappa shape index (κ3) is 9.41. The SMILES string of the molecule is CCOC(=O)c1nn(-c2ccccc2)c(O)c1CNc1cc(Br)ccc1O.CCc1nn(-c2ccccc2)c(O)c1C=Nc1cc(Br)ccc1O.[Co]. The molecule has 0 saturated carbocycles. The van der Waals surface area contributed by atoms with E-state index in [1.54, 1.807) is 61.5 Å². The molecule has 15 heteroatoms. The molecule has 271 valence electrons. The zero-order valence-corrected chi connectivity index (χ0v) is 32.1. The van der Waals surface area contributed by atoms with Gasteiger partial charge in [-0.1, -0.05) is 75.2 Å². The number of hydrogen-bond donors (Lipinski definition) is 5.